The third-order valence-corrected chi connectivity index (χ3v) is 4.91. The fourth-order valence-corrected chi connectivity index (χ4v) is 3.51. The number of likely N-dealkylation sites (tertiary alicyclic amines) is 1. The summed E-state index contributed by atoms with van der Waals surface area (Å²) in [5.74, 6) is 0.698. The van der Waals surface area contributed by atoms with Gasteiger partial charge >= 0.3 is 0 Å². The molecule has 26 heavy (non-hydrogen) atoms. The summed E-state index contributed by atoms with van der Waals surface area (Å²) in [5.41, 5.74) is 1.79. The average Bonchev–Trinajstić information content (AvgIpc) is 3.31. The maximum absolute atomic E-state index is 12.8. The van der Waals surface area contributed by atoms with Crippen molar-refractivity contribution in [1.82, 2.24) is 29.7 Å². The van der Waals surface area contributed by atoms with Crippen LogP contribution < -0.4 is 5.32 Å². The Morgan fingerprint density at radius 2 is 2.15 bits per heavy atom. The molecule has 3 heterocycles. The molecular formula is C18H20N6O2. The van der Waals surface area contributed by atoms with Crippen molar-refractivity contribution in [3.05, 3.63) is 48.3 Å². The van der Waals surface area contributed by atoms with Gasteiger partial charge in [-0.1, -0.05) is 12.1 Å². The van der Waals surface area contributed by atoms with Crippen molar-refractivity contribution in [1.29, 1.82) is 0 Å². The van der Waals surface area contributed by atoms with Gasteiger partial charge in [-0.3, -0.25) is 9.59 Å². The molecule has 0 bridgehead atoms. The van der Waals surface area contributed by atoms with E-state index in [1.165, 1.54) is 0 Å². The maximum atomic E-state index is 12.8. The highest BCUT2D eigenvalue weighted by Gasteiger charge is 2.44. The first-order valence-electron chi connectivity index (χ1n) is 8.49. The number of benzene rings is 1. The smallest absolute Gasteiger partial charge is 0.226 e. The van der Waals surface area contributed by atoms with Gasteiger partial charge in [0.1, 0.15) is 17.7 Å². The molecule has 0 unspecified atom stereocenters. The summed E-state index contributed by atoms with van der Waals surface area (Å²) < 4.78 is 1.85. The van der Waals surface area contributed by atoms with Gasteiger partial charge in [-0.05, 0) is 12.1 Å². The molecular weight excluding hydrogens is 332 g/mol. The molecule has 3 aromatic rings. The number of carbonyl (C=O) groups is 2. The number of carbonyl (C=O) groups excluding carboxylic acids is 2. The Labute approximate surface area is 150 Å². The van der Waals surface area contributed by atoms with Gasteiger partial charge in [-0.25, -0.2) is 9.97 Å². The molecule has 0 spiro atoms. The van der Waals surface area contributed by atoms with E-state index < -0.39 is 5.92 Å². The van der Waals surface area contributed by atoms with Crippen molar-refractivity contribution >= 4 is 22.8 Å². The molecule has 8 nitrogen and oxygen atoms in total. The highest BCUT2D eigenvalue weighted by atomic mass is 16.2. The third kappa shape index (κ3) is 2.73. The molecule has 1 fully saturated rings. The molecule has 0 radical (unpaired) electrons. The van der Waals surface area contributed by atoms with Crippen LogP contribution in [0.15, 0.2) is 36.7 Å². The minimum absolute atomic E-state index is 0.0538. The monoisotopic (exact) mass is 352 g/mol. The van der Waals surface area contributed by atoms with Gasteiger partial charge in [-0.2, -0.15) is 0 Å². The zero-order valence-corrected chi connectivity index (χ0v) is 14.6. The number of rotatable bonds is 4. The Morgan fingerprint density at radius 3 is 2.88 bits per heavy atom. The van der Waals surface area contributed by atoms with Crippen LogP contribution in [0, 0.1) is 5.92 Å². The van der Waals surface area contributed by atoms with Crippen LogP contribution in [0.1, 0.15) is 24.1 Å². The lowest BCUT2D eigenvalue weighted by Gasteiger charge is -2.23. The first-order valence-corrected chi connectivity index (χ1v) is 8.49. The van der Waals surface area contributed by atoms with Crippen LogP contribution in [0.4, 0.5) is 0 Å². The van der Waals surface area contributed by atoms with Crippen LogP contribution in [0.2, 0.25) is 0 Å². The number of nitrogens with zero attached hydrogens (tertiary/aromatic N) is 4. The summed E-state index contributed by atoms with van der Waals surface area (Å²) in [7, 11) is 3.58. The fourth-order valence-electron chi connectivity index (χ4n) is 3.51. The summed E-state index contributed by atoms with van der Waals surface area (Å²) in [6, 6.07) is 7.34. The summed E-state index contributed by atoms with van der Waals surface area (Å²) in [5, 5.41) is 2.91. The zero-order chi connectivity index (χ0) is 18.3. The number of fused-ring (bicyclic) bond motifs is 1. The number of aromatic nitrogens is 4. The van der Waals surface area contributed by atoms with Gasteiger partial charge in [0.25, 0.3) is 0 Å². The first kappa shape index (κ1) is 16.3. The fraction of sp³-hybridized carbons (Fsp3) is 0.333. The number of aromatic amines is 1. The normalized spacial score (nSPS) is 20.1. The zero-order valence-electron chi connectivity index (χ0n) is 14.6. The largest absolute Gasteiger partial charge is 0.349 e. The van der Waals surface area contributed by atoms with Gasteiger partial charge < -0.3 is 19.8 Å². The summed E-state index contributed by atoms with van der Waals surface area (Å²) in [4.78, 5) is 38.5. The number of hydrogen-bond donors (Lipinski definition) is 2. The highest BCUT2D eigenvalue weighted by Crippen LogP contribution is 2.36. The van der Waals surface area contributed by atoms with Crippen LogP contribution in [0.5, 0.6) is 0 Å². The molecule has 1 saturated heterocycles. The van der Waals surface area contributed by atoms with Crippen LogP contribution in [-0.2, 0) is 23.2 Å². The molecule has 134 valence electrons. The quantitative estimate of drug-likeness (QED) is 0.736. The number of imidazole rings is 2. The molecule has 2 aromatic heterocycles. The van der Waals surface area contributed by atoms with Crippen molar-refractivity contribution in [2.24, 2.45) is 13.0 Å². The van der Waals surface area contributed by atoms with Gasteiger partial charge in [-0.15, -0.1) is 0 Å². The van der Waals surface area contributed by atoms with Gasteiger partial charge in [0.2, 0.25) is 11.8 Å². The number of nitrogens with one attached hydrogen (secondary N) is 2. The van der Waals surface area contributed by atoms with Gasteiger partial charge in [0, 0.05) is 32.9 Å². The minimum Gasteiger partial charge on any atom is -0.349 e. The van der Waals surface area contributed by atoms with E-state index in [1.807, 2.05) is 42.1 Å². The Balaban J connectivity index is 1.51. The Bertz CT molecular complexity index is 942. The van der Waals surface area contributed by atoms with Crippen LogP contribution in [0.25, 0.3) is 11.0 Å². The molecule has 2 atom stereocenters. The van der Waals surface area contributed by atoms with Crippen LogP contribution >= 0.6 is 0 Å². The molecule has 8 heteroatoms. The second-order valence-electron chi connectivity index (χ2n) is 6.57. The summed E-state index contributed by atoms with van der Waals surface area (Å²) in [6.07, 6.45) is 3.67. The van der Waals surface area contributed by atoms with E-state index in [-0.39, 0.29) is 30.8 Å². The average molecular weight is 352 g/mol. The van der Waals surface area contributed by atoms with Crippen molar-refractivity contribution in [3.63, 3.8) is 0 Å². The van der Waals surface area contributed by atoms with Crippen LogP contribution in [0.3, 0.4) is 0 Å². The minimum atomic E-state index is -0.474. The lowest BCUT2D eigenvalue weighted by molar-refractivity contribution is -0.128. The van der Waals surface area contributed by atoms with E-state index >= 15 is 0 Å². The molecule has 1 aromatic carbocycles. The molecule has 1 aliphatic heterocycles. The van der Waals surface area contributed by atoms with E-state index in [4.69, 9.17) is 0 Å². The third-order valence-electron chi connectivity index (χ3n) is 4.91. The number of hydrogen-bond acceptors (Lipinski definition) is 4. The number of amides is 2. The standard InChI is InChI=1S/C18H20N6O2/c1-23-8-7-19-17(23)16-11(9-15(25)24(16)2)18(26)20-10-14-21-12-5-3-4-6-13(12)22-14/h3-8,11,16H,9-10H2,1-2H3,(H,20,26)(H,21,22)/t11-,16-/m0/s1. The van der Waals surface area contributed by atoms with Crippen molar-refractivity contribution in [2.75, 3.05) is 7.05 Å². The van der Waals surface area contributed by atoms with E-state index in [9.17, 15) is 9.59 Å². The summed E-state index contributed by atoms with van der Waals surface area (Å²) in [6.45, 7) is 0.287. The van der Waals surface area contributed by atoms with Crippen molar-refractivity contribution in [3.8, 4) is 0 Å². The second-order valence-corrected chi connectivity index (χ2v) is 6.57. The van der Waals surface area contributed by atoms with Crippen LogP contribution in [-0.4, -0.2) is 43.3 Å². The Morgan fingerprint density at radius 1 is 1.35 bits per heavy atom. The molecule has 0 saturated carbocycles. The van der Waals surface area contributed by atoms with E-state index in [2.05, 4.69) is 20.3 Å². The van der Waals surface area contributed by atoms with Crippen molar-refractivity contribution < 1.29 is 9.59 Å². The lowest BCUT2D eigenvalue weighted by Crippen LogP contribution is -2.35. The predicted octanol–water partition coefficient (Wildman–Crippen LogP) is 1.13. The molecule has 2 N–H and O–H groups in total. The molecule has 0 aliphatic carbocycles. The van der Waals surface area contributed by atoms with Gasteiger partial charge in [0.05, 0.1) is 23.5 Å². The van der Waals surface area contributed by atoms with E-state index in [0.29, 0.717) is 11.6 Å². The molecule has 2 amide bonds. The lowest BCUT2D eigenvalue weighted by atomic mass is 9.98. The molecule has 1 aliphatic rings. The number of para-hydroxylation sites is 2. The highest BCUT2D eigenvalue weighted by molar-refractivity contribution is 5.90. The van der Waals surface area contributed by atoms with E-state index in [0.717, 1.165) is 11.0 Å². The van der Waals surface area contributed by atoms with Gasteiger partial charge in [0.15, 0.2) is 0 Å². The SMILES string of the molecule is CN1C(=O)C[C@H](C(=O)NCc2nc3ccccc3[nH]2)[C@H]1c1nccn1C. The maximum Gasteiger partial charge on any atom is 0.226 e. The Kier molecular flexibility index (Phi) is 3.95. The number of aryl methyl sites for hydroxylation is 1. The predicted molar refractivity (Wildman–Crippen MR) is 94.8 cm³/mol. The number of H-pyrrole nitrogens is 1. The van der Waals surface area contributed by atoms with E-state index in [1.54, 1.807) is 18.1 Å². The summed E-state index contributed by atoms with van der Waals surface area (Å²) >= 11 is 0. The van der Waals surface area contributed by atoms with Crippen molar-refractivity contribution in [2.45, 2.75) is 19.0 Å². The second kappa shape index (κ2) is 6.29. The molecule has 4 rings (SSSR count). The Hall–Kier alpha value is -3.16. The first-order chi connectivity index (χ1) is 12.5. The topological polar surface area (TPSA) is 95.9 Å².